The summed E-state index contributed by atoms with van der Waals surface area (Å²) in [6, 6.07) is 10.4. The van der Waals surface area contributed by atoms with Crippen molar-refractivity contribution in [2.45, 2.75) is 24.3 Å². The summed E-state index contributed by atoms with van der Waals surface area (Å²) in [5, 5.41) is 13.7. The van der Waals surface area contributed by atoms with Crippen molar-refractivity contribution in [2.24, 2.45) is 0 Å². The van der Waals surface area contributed by atoms with Gasteiger partial charge >= 0.3 is 0 Å². The molecule has 1 aliphatic rings. The minimum absolute atomic E-state index is 0.0495. The molecule has 28 heavy (non-hydrogen) atoms. The van der Waals surface area contributed by atoms with Gasteiger partial charge in [-0.3, -0.25) is 14.9 Å². The number of nitrogens with zero attached hydrogens (tertiary/aromatic N) is 2. The molecule has 0 radical (unpaired) electrons. The van der Waals surface area contributed by atoms with E-state index in [-0.39, 0.29) is 22.7 Å². The maximum atomic E-state index is 12.7. The molecule has 0 spiro atoms. The van der Waals surface area contributed by atoms with Gasteiger partial charge in [-0.2, -0.15) is 4.31 Å². The van der Waals surface area contributed by atoms with Gasteiger partial charge in [-0.1, -0.05) is 18.2 Å². The predicted molar refractivity (Wildman–Crippen MR) is 106 cm³/mol. The number of sulfonamides is 1. The molecule has 1 fully saturated rings. The fourth-order valence-corrected chi connectivity index (χ4v) is 5.00. The SMILES string of the molecule is O=C(NCc1ccccc1[N+](=O)[O-])c1cc(S(=O)(=O)N2CCCC2)ccc1Br. The van der Waals surface area contributed by atoms with Crippen LogP contribution in [0.4, 0.5) is 5.69 Å². The molecule has 0 saturated carbocycles. The Balaban J connectivity index is 1.82. The van der Waals surface area contributed by atoms with E-state index in [2.05, 4.69) is 21.2 Å². The zero-order valence-corrected chi connectivity index (χ0v) is 17.2. The predicted octanol–water partition coefficient (Wildman–Crippen LogP) is 3.07. The summed E-state index contributed by atoms with van der Waals surface area (Å²) in [5.41, 5.74) is 0.420. The Morgan fingerprint density at radius 1 is 1.18 bits per heavy atom. The zero-order chi connectivity index (χ0) is 20.3. The highest BCUT2D eigenvalue weighted by atomic mass is 79.9. The summed E-state index contributed by atoms with van der Waals surface area (Å²) in [4.78, 5) is 23.2. The van der Waals surface area contributed by atoms with E-state index in [1.54, 1.807) is 18.2 Å². The average Bonchev–Trinajstić information content (AvgIpc) is 3.22. The van der Waals surface area contributed by atoms with Gasteiger partial charge in [0.1, 0.15) is 0 Å². The van der Waals surface area contributed by atoms with Crippen molar-refractivity contribution in [3.63, 3.8) is 0 Å². The van der Waals surface area contributed by atoms with Gasteiger partial charge in [0.05, 0.1) is 15.4 Å². The normalized spacial score (nSPS) is 14.8. The van der Waals surface area contributed by atoms with Crippen LogP contribution in [0.15, 0.2) is 51.8 Å². The molecule has 1 heterocycles. The Labute approximate surface area is 170 Å². The Hall–Kier alpha value is -2.30. The molecule has 1 saturated heterocycles. The standard InChI is InChI=1S/C18H18BrN3O5S/c19-16-8-7-14(28(26,27)21-9-3-4-10-21)11-15(16)18(23)20-12-13-5-1-2-6-17(13)22(24)25/h1-2,5-8,11H,3-4,9-10,12H2,(H,20,23). The maximum Gasteiger partial charge on any atom is 0.274 e. The number of nitro groups is 1. The molecule has 148 valence electrons. The smallest absolute Gasteiger partial charge is 0.274 e. The van der Waals surface area contributed by atoms with Crippen molar-refractivity contribution in [2.75, 3.05) is 13.1 Å². The summed E-state index contributed by atoms with van der Waals surface area (Å²) >= 11 is 3.27. The van der Waals surface area contributed by atoms with Crippen LogP contribution in [-0.4, -0.2) is 36.6 Å². The number of nitro benzene ring substituents is 1. The van der Waals surface area contributed by atoms with Crippen LogP contribution in [0.1, 0.15) is 28.8 Å². The van der Waals surface area contributed by atoms with Crippen molar-refractivity contribution >= 4 is 37.5 Å². The van der Waals surface area contributed by atoms with E-state index in [9.17, 15) is 23.3 Å². The van der Waals surface area contributed by atoms with Gasteiger partial charge in [0.25, 0.3) is 11.6 Å². The summed E-state index contributed by atoms with van der Waals surface area (Å²) < 4.78 is 27.3. The second-order valence-electron chi connectivity index (χ2n) is 6.32. The van der Waals surface area contributed by atoms with Crippen LogP contribution < -0.4 is 5.32 Å². The second kappa shape index (κ2) is 8.38. The van der Waals surface area contributed by atoms with E-state index in [0.717, 1.165) is 12.8 Å². The first kappa shape index (κ1) is 20.4. The summed E-state index contributed by atoms with van der Waals surface area (Å²) in [6.45, 7) is 0.890. The van der Waals surface area contributed by atoms with Gasteiger partial charge in [0.2, 0.25) is 10.0 Å². The molecular weight excluding hydrogens is 450 g/mol. The van der Waals surface area contributed by atoms with Crippen molar-refractivity contribution in [1.82, 2.24) is 9.62 Å². The number of carbonyl (C=O) groups excluding carboxylic acids is 1. The van der Waals surface area contributed by atoms with Gasteiger partial charge < -0.3 is 5.32 Å². The zero-order valence-electron chi connectivity index (χ0n) is 14.8. The van der Waals surface area contributed by atoms with Gasteiger partial charge in [0, 0.05) is 35.7 Å². The number of amides is 1. The van der Waals surface area contributed by atoms with Crippen molar-refractivity contribution in [3.05, 3.63) is 68.2 Å². The lowest BCUT2D eigenvalue weighted by molar-refractivity contribution is -0.385. The number of benzene rings is 2. The summed E-state index contributed by atoms with van der Waals surface area (Å²) in [6.07, 6.45) is 1.64. The van der Waals surface area contributed by atoms with Crippen LogP contribution in [0.25, 0.3) is 0 Å². The molecule has 0 aromatic heterocycles. The maximum absolute atomic E-state index is 12.7. The first-order valence-corrected chi connectivity index (χ1v) is 10.8. The molecular formula is C18H18BrN3O5S. The average molecular weight is 468 g/mol. The van der Waals surface area contributed by atoms with Crippen LogP contribution in [0.2, 0.25) is 0 Å². The van der Waals surface area contributed by atoms with Gasteiger partial charge in [-0.25, -0.2) is 8.42 Å². The van der Waals surface area contributed by atoms with E-state index in [1.807, 2.05) is 0 Å². The van der Waals surface area contributed by atoms with Crippen LogP contribution in [0.3, 0.4) is 0 Å². The van der Waals surface area contributed by atoms with Crippen molar-refractivity contribution in [1.29, 1.82) is 0 Å². The Morgan fingerprint density at radius 3 is 2.54 bits per heavy atom. The van der Waals surface area contributed by atoms with Gasteiger partial charge in [-0.05, 0) is 47.0 Å². The number of carbonyl (C=O) groups is 1. The fraction of sp³-hybridized carbons (Fsp3) is 0.278. The summed E-state index contributed by atoms with van der Waals surface area (Å²) in [5.74, 6) is -0.525. The van der Waals surface area contributed by atoms with Crippen molar-refractivity contribution in [3.8, 4) is 0 Å². The summed E-state index contributed by atoms with van der Waals surface area (Å²) in [7, 11) is -3.65. The third-order valence-electron chi connectivity index (χ3n) is 4.51. The Morgan fingerprint density at radius 2 is 1.86 bits per heavy atom. The highest BCUT2D eigenvalue weighted by molar-refractivity contribution is 9.10. The quantitative estimate of drug-likeness (QED) is 0.518. The molecule has 0 bridgehead atoms. The lowest BCUT2D eigenvalue weighted by atomic mass is 10.1. The highest BCUT2D eigenvalue weighted by Gasteiger charge is 2.28. The Kier molecular flexibility index (Phi) is 6.11. The largest absolute Gasteiger partial charge is 0.348 e. The lowest BCUT2D eigenvalue weighted by Crippen LogP contribution is -2.28. The molecule has 10 heteroatoms. The van der Waals surface area contributed by atoms with Crippen LogP contribution in [0, 0.1) is 10.1 Å². The number of nitrogens with one attached hydrogen (secondary N) is 1. The molecule has 3 rings (SSSR count). The molecule has 1 N–H and O–H groups in total. The van der Waals surface area contributed by atoms with E-state index in [1.165, 1.54) is 28.6 Å². The van der Waals surface area contributed by atoms with Gasteiger partial charge in [0.15, 0.2) is 0 Å². The monoisotopic (exact) mass is 467 g/mol. The molecule has 0 aliphatic carbocycles. The first-order valence-electron chi connectivity index (χ1n) is 8.61. The number of hydrogen-bond acceptors (Lipinski definition) is 5. The van der Waals surface area contributed by atoms with E-state index in [0.29, 0.717) is 23.1 Å². The second-order valence-corrected chi connectivity index (χ2v) is 9.11. The van der Waals surface area contributed by atoms with E-state index in [4.69, 9.17) is 0 Å². The first-order chi connectivity index (χ1) is 13.3. The topological polar surface area (TPSA) is 110 Å². The number of rotatable bonds is 6. The molecule has 0 unspecified atom stereocenters. The minimum Gasteiger partial charge on any atom is -0.348 e. The molecule has 2 aromatic carbocycles. The van der Waals surface area contributed by atoms with E-state index >= 15 is 0 Å². The van der Waals surface area contributed by atoms with E-state index < -0.39 is 20.9 Å². The third-order valence-corrected chi connectivity index (χ3v) is 7.10. The number of para-hydroxylation sites is 1. The number of halogens is 1. The van der Waals surface area contributed by atoms with Crippen LogP contribution in [-0.2, 0) is 16.6 Å². The Bertz CT molecular complexity index is 1020. The molecule has 0 atom stereocenters. The molecule has 1 aliphatic heterocycles. The lowest BCUT2D eigenvalue weighted by Gasteiger charge is -2.16. The van der Waals surface area contributed by atoms with Crippen LogP contribution in [0.5, 0.6) is 0 Å². The third kappa shape index (κ3) is 4.23. The minimum atomic E-state index is -3.65. The van der Waals surface area contributed by atoms with Gasteiger partial charge in [-0.15, -0.1) is 0 Å². The van der Waals surface area contributed by atoms with Crippen molar-refractivity contribution < 1.29 is 18.1 Å². The molecule has 8 nitrogen and oxygen atoms in total. The molecule has 1 amide bonds. The number of hydrogen-bond donors (Lipinski definition) is 1. The highest BCUT2D eigenvalue weighted by Crippen LogP contribution is 2.26. The van der Waals surface area contributed by atoms with Crippen LogP contribution >= 0.6 is 15.9 Å². The fourth-order valence-electron chi connectivity index (χ4n) is 3.03. The molecule has 2 aromatic rings.